The van der Waals surface area contributed by atoms with E-state index in [0.29, 0.717) is 17.2 Å². The maximum atomic E-state index is 12.6. The van der Waals surface area contributed by atoms with E-state index in [1.165, 1.54) is 18.4 Å². The molecule has 4 rings (SSSR count). The number of aromatic amines is 1. The van der Waals surface area contributed by atoms with E-state index in [-0.39, 0.29) is 11.6 Å². The van der Waals surface area contributed by atoms with Crippen LogP contribution in [0.1, 0.15) is 49.1 Å². The van der Waals surface area contributed by atoms with Gasteiger partial charge in [-0.1, -0.05) is 30.3 Å². The van der Waals surface area contributed by atoms with Crippen LogP contribution >= 0.6 is 11.3 Å². The Morgan fingerprint density at radius 3 is 2.81 bits per heavy atom. The number of carbonyl (C=O) groups excluding carboxylic acids is 2. The highest BCUT2D eigenvalue weighted by molar-refractivity contribution is 7.16. The van der Waals surface area contributed by atoms with Gasteiger partial charge in [-0.25, -0.2) is 9.78 Å². The Morgan fingerprint density at radius 2 is 2.04 bits per heavy atom. The Morgan fingerprint density at radius 1 is 1.22 bits per heavy atom. The van der Waals surface area contributed by atoms with Crippen LogP contribution in [0.25, 0.3) is 0 Å². The fourth-order valence-corrected chi connectivity index (χ4v) is 4.20. The molecule has 2 heterocycles. The van der Waals surface area contributed by atoms with Crippen molar-refractivity contribution in [3.8, 4) is 0 Å². The van der Waals surface area contributed by atoms with Crippen LogP contribution in [0.4, 0.5) is 5.13 Å². The van der Waals surface area contributed by atoms with Crippen molar-refractivity contribution in [3.63, 3.8) is 0 Å². The second kappa shape index (κ2) is 7.32. The number of methoxy groups -OCH3 is 1. The van der Waals surface area contributed by atoms with Gasteiger partial charge in [0.2, 0.25) is 0 Å². The topological polar surface area (TPSA) is 97.0 Å². The number of esters is 1. The molecular formula is C19H18N4O3S. The van der Waals surface area contributed by atoms with Gasteiger partial charge < -0.3 is 4.74 Å². The number of thiazole rings is 1. The standard InChI is InChI=1S/C19H18N4O3S/c1-26-18(25)16-14(10-11-6-3-2-4-7-11)27-19(20-16)21-17(24)15-12-8-5-9-13(12)22-23-15/h2-4,6-7H,5,8-10H2,1H3,(H,22,23)(H,20,21,24). The number of hydrogen-bond acceptors (Lipinski definition) is 6. The molecule has 1 aliphatic carbocycles. The summed E-state index contributed by atoms with van der Waals surface area (Å²) in [5.41, 5.74) is 3.69. The number of anilines is 1. The minimum atomic E-state index is -0.515. The van der Waals surface area contributed by atoms with Gasteiger partial charge in [0.05, 0.1) is 7.11 Å². The number of ether oxygens (including phenoxy) is 1. The molecule has 138 valence electrons. The molecule has 8 heteroatoms. The summed E-state index contributed by atoms with van der Waals surface area (Å²) in [6.07, 6.45) is 3.32. The van der Waals surface area contributed by atoms with Crippen LogP contribution in [0.3, 0.4) is 0 Å². The summed E-state index contributed by atoms with van der Waals surface area (Å²) in [6.45, 7) is 0. The normalized spacial score (nSPS) is 12.6. The number of aromatic nitrogens is 3. The molecule has 0 saturated heterocycles. The quantitative estimate of drug-likeness (QED) is 0.661. The summed E-state index contributed by atoms with van der Waals surface area (Å²) in [7, 11) is 1.32. The molecule has 1 aliphatic rings. The first-order chi connectivity index (χ1) is 13.2. The Kier molecular flexibility index (Phi) is 4.72. The molecule has 7 nitrogen and oxygen atoms in total. The summed E-state index contributed by atoms with van der Waals surface area (Å²) in [6, 6.07) is 9.77. The smallest absolute Gasteiger partial charge is 0.357 e. The predicted octanol–water partition coefficient (Wildman–Crippen LogP) is 2.98. The third-order valence-corrected chi connectivity index (χ3v) is 5.50. The van der Waals surface area contributed by atoms with E-state index < -0.39 is 5.97 Å². The van der Waals surface area contributed by atoms with Gasteiger partial charge in [0, 0.05) is 22.6 Å². The number of hydrogen-bond donors (Lipinski definition) is 2. The molecule has 0 fully saturated rings. The summed E-state index contributed by atoms with van der Waals surface area (Å²) in [5, 5.41) is 10.2. The molecule has 2 N–H and O–H groups in total. The first-order valence-corrected chi connectivity index (χ1v) is 9.46. The second-order valence-electron chi connectivity index (χ2n) is 6.28. The van der Waals surface area contributed by atoms with E-state index >= 15 is 0 Å². The Balaban J connectivity index is 1.59. The van der Waals surface area contributed by atoms with Crippen molar-refractivity contribution in [2.45, 2.75) is 25.7 Å². The number of H-pyrrole nitrogens is 1. The molecule has 0 aliphatic heterocycles. The number of nitrogens with zero attached hydrogens (tertiary/aromatic N) is 2. The van der Waals surface area contributed by atoms with Crippen LogP contribution in [0, 0.1) is 0 Å². The monoisotopic (exact) mass is 382 g/mol. The lowest BCUT2D eigenvalue weighted by molar-refractivity contribution is 0.0593. The molecule has 0 saturated carbocycles. The molecule has 0 radical (unpaired) electrons. The SMILES string of the molecule is COC(=O)c1nc(NC(=O)c2n[nH]c3c2CCC3)sc1Cc1ccccc1. The van der Waals surface area contributed by atoms with Crippen molar-refractivity contribution >= 4 is 28.3 Å². The maximum Gasteiger partial charge on any atom is 0.357 e. The molecule has 27 heavy (non-hydrogen) atoms. The van der Waals surface area contributed by atoms with Gasteiger partial charge in [0.15, 0.2) is 16.5 Å². The van der Waals surface area contributed by atoms with Gasteiger partial charge in [-0.15, -0.1) is 11.3 Å². The number of fused-ring (bicyclic) bond motifs is 1. The number of carbonyl (C=O) groups is 2. The van der Waals surface area contributed by atoms with E-state index in [4.69, 9.17) is 4.74 Å². The van der Waals surface area contributed by atoms with Gasteiger partial charge in [0.25, 0.3) is 5.91 Å². The first kappa shape index (κ1) is 17.4. The Labute approximate surface area is 159 Å². The zero-order valence-corrected chi connectivity index (χ0v) is 15.6. The Hall–Kier alpha value is -3.00. The molecule has 0 atom stereocenters. The highest BCUT2D eigenvalue weighted by Crippen LogP contribution is 2.28. The average molecular weight is 382 g/mol. The third kappa shape index (κ3) is 3.48. The van der Waals surface area contributed by atoms with Gasteiger partial charge in [-0.2, -0.15) is 5.10 Å². The highest BCUT2D eigenvalue weighted by atomic mass is 32.1. The fraction of sp³-hybridized carbons (Fsp3) is 0.263. The summed E-state index contributed by atoms with van der Waals surface area (Å²) >= 11 is 1.28. The van der Waals surface area contributed by atoms with Gasteiger partial charge in [-0.3, -0.25) is 15.2 Å². The van der Waals surface area contributed by atoms with Crippen molar-refractivity contribution < 1.29 is 14.3 Å². The lowest BCUT2D eigenvalue weighted by Crippen LogP contribution is -2.14. The number of rotatable bonds is 5. The summed E-state index contributed by atoms with van der Waals surface area (Å²) in [4.78, 5) is 29.7. The fourth-order valence-electron chi connectivity index (χ4n) is 3.23. The molecular weight excluding hydrogens is 364 g/mol. The maximum absolute atomic E-state index is 12.6. The van der Waals surface area contributed by atoms with Gasteiger partial charge in [0.1, 0.15) is 0 Å². The van der Waals surface area contributed by atoms with Crippen molar-refractivity contribution in [2.24, 2.45) is 0 Å². The van der Waals surface area contributed by atoms with Crippen LogP contribution in [-0.2, 0) is 24.0 Å². The molecule has 0 bridgehead atoms. The van der Waals surface area contributed by atoms with E-state index in [0.717, 1.165) is 41.0 Å². The third-order valence-electron chi connectivity index (χ3n) is 4.53. The van der Waals surface area contributed by atoms with E-state index in [1.54, 1.807) is 0 Å². The van der Waals surface area contributed by atoms with E-state index in [2.05, 4.69) is 20.5 Å². The van der Waals surface area contributed by atoms with Crippen molar-refractivity contribution in [1.82, 2.24) is 15.2 Å². The zero-order chi connectivity index (χ0) is 18.8. The van der Waals surface area contributed by atoms with Crippen LogP contribution in [-0.4, -0.2) is 34.2 Å². The first-order valence-electron chi connectivity index (χ1n) is 8.65. The molecule has 1 aromatic carbocycles. The number of aryl methyl sites for hydroxylation is 1. The van der Waals surface area contributed by atoms with Crippen LogP contribution < -0.4 is 5.32 Å². The average Bonchev–Trinajstić information content (AvgIpc) is 3.37. The molecule has 0 unspecified atom stereocenters. The zero-order valence-electron chi connectivity index (χ0n) is 14.7. The second-order valence-corrected chi connectivity index (χ2v) is 7.37. The van der Waals surface area contributed by atoms with Crippen LogP contribution in [0.15, 0.2) is 30.3 Å². The lowest BCUT2D eigenvalue weighted by Gasteiger charge is -2.00. The minimum absolute atomic E-state index is 0.230. The molecule has 3 aromatic rings. The highest BCUT2D eigenvalue weighted by Gasteiger charge is 2.25. The number of amides is 1. The summed E-state index contributed by atoms with van der Waals surface area (Å²) in [5.74, 6) is -0.829. The number of benzene rings is 1. The van der Waals surface area contributed by atoms with Gasteiger partial charge >= 0.3 is 5.97 Å². The van der Waals surface area contributed by atoms with Crippen molar-refractivity contribution in [3.05, 3.63) is 63.4 Å². The molecule has 1 amide bonds. The van der Waals surface area contributed by atoms with Crippen LogP contribution in [0.2, 0.25) is 0 Å². The molecule has 0 spiro atoms. The summed E-state index contributed by atoms with van der Waals surface area (Å²) < 4.78 is 4.84. The van der Waals surface area contributed by atoms with Crippen molar-refractivity contribution in [2.75, 3.05) is 12.4 Å². The minimum Gasteiger partial charge on any atom is -0.464 e. The largest absolute Gasteiger partial charge is 0.464 e. The van der Waals surface area contributed by atoms with E-state index in [1.807, 2.05) is 30.3 Å². The number of nitrogens with one attached hydrogen (secondary N) is 2. The Bertz CT molecular complexity index is 994. The lowest BCUT2D eigenvalue weighted by atomic mass is 10.1. The van der Waals surface area contributed by atoms with E-state index in [9.17, 15) is 9.59 Å². The van der Waals surface area contributed by atoms with Crippen molar-refractivity contribution in [1.29, 1.82) is 0 Å². The molecule has 2 aromatic heterocycles. The predicted molar refractivity (Wildman–Crippen MR) is 101 cm³/mol. The van der Waals surface area contributed by atoms with Gasteiger partial charge in [-0.05, 0) is 24.8 Å². The van der Waals surface area contributed by atoms with Crippen LogP contribution in [0.5, 0.6) is 0 Å².